The van der Waals surface area contributed by atoms with Crippen molar-refractivity contribution in [3.8, 4) is 0 Å². The van der Waals surface area contributed by atoms with Crippen molar-refractivity contribution >= 4 is 18.0 Å². The Balaban J connectivity index is 2.71. The van der Waals surface area contributed by atoms with Gasteiger partial charge in [0.15, 0.2) is 6.04 Å². The Bertz CT molecular complexity index is 432. The van der Waals surface area contributed by atoms with Crippen LogP contribution in [0.2, 0.25) is 0 Å². The lowest BCUT2D eigenvalue weighted by molar-refractivity contribution is -0.146. The zero-order valence-corrected chi connectivity index (χ0v) is 13.4. The van der Waals surface area contributed by atoms with Gasteiger partial charge in [-0.2, -0.15) is 0 Å². The molecule has 1 unspecified atom stereocenters. The molecule has 0 bridgehead atoms. The average molecular weight is 316 g/mol. The van der Waals surface area contributed by atoms with Gasteiger partial charge in [-0.15, -0.1) is 0 Å². The van der Waals surface area contributed by atoms with Gasteiger partial charge >= 0.3 is 12.1 Å². The lowest BCUT2D eigenvalue weighted by Crippen LogP contribution is -2.52. The summed E-state index contributed by atoms with van der Waals surface area (Å²) in [6.07, 6.45) is 0.577. The quantitative estimate of drug-likeness (QED) is 0.709. The first-order valence-corrected chi connectivity index (χ1v) is 7.18. The summed E-state index contributed by atoms with van der Waals surface area (Å²) in [6, 6.07) is -1.85. The maximum atomic E-state index is 12.2. The van der Waals surface area contributed by atoms with Gasteiger partial charge in [0.1, 0.15) is 11.6 Å². The fourth-order valence-corrected chi connectivity index (χ4v) is 2.17. The summed E-state index contributed by atoms with van der Waals surface area (Å²) in [5, 5.41) is 11.5. The molecule has 1 saturated heterocycles. The molecule has 0 spiro atoms. The number of esters is 1. The van der Waals surface area contributed by atoms with Crippen molar-refractivity contribution in [1.29, 1.82) is 0 Å². The summed E-state index contributed by atoms with van der Waals surface area (Å²) in [6.45, 7) is 5.08. The molecule has 0 radical (unpaired) electrons. The van der Waals surface area contributed by atoms with Gasteiger partial charge in [0.2, 0.25) is 5.91 Å². The molecule has 22 heavy (non-hydrogen) atoms. The highest BCUT2D eigenvalue weighted by Gasteiger charge is 2.37. The van der Waals surface area contributed by atoms with Crippen LogP contribution in [0.15, 0.2) is 0 Å². The number of ether oxygens (including phenoxy) is 2. The van der Waals surface area contributed by atoms with E-state index in [4.69, 9.17) is 9.84 Å². The second-order valence-electron chi connectivity index (χ2n) is 6.10. The summed E-state index contributed by atoms with van der Waals surface area (Å²) in [7, 11) is 1.17. The fraction of sp³-hybridized carbons (Fsp3) is 0.786. The number of amides is 2. The summed E-state index contributed by atoms with van der Waals surface area (Å²) in [5.74, 6) is -1.24. The minimum Gasteiger partial charge on any atom is -0.467 e. The van der Waals surface area contributed by atoms with Crippen LogP contribution in [0.5, 0.6) is 0 Å². The Morgan fingerprint density at radius 2 is 2.00 bits per heavy atom. The van der Waals surface area contributed by atoms with Gasteiger partial charge in [-0.25, -0.2) is 9.59 Å². The van der Waals surface area contributed by atoms with E-state index in [0.717, 1.165) is 0 Å². The molecule has 8 heteroatoms. The number of carbonyl (C=O) groups is 3. The number of nitrogens with zero attached hydrogens (tertiary/aromatic N) is 1. The van der Waals surface area contributed by atoms with E-state index in [9.17, 15) is 14.4 Å². The van der Waals surface area contributed by atoms with Gasteiger partial charge in [-0.1, -0.05) is 0 Å². The Hall–Kier alpha value is -1.83. The molecule has 1 aliphatic rings. The lowest BCUT2D eigenvalue weighted by Gasteiger charge is -2.28. The molecule has 1 fully saturated rings. The van der Waals surface area contributed by atoms with Crippen molar-refractivity contribution in [3.63, 3.8) is 0 Å². The molecular formula is C14H24N2O6. The number of hydrogen-bond donors (Lipinski definition) is 2. The fourth-order valence-electron chi connectivity index (χ4n) is 2.17. The van der Waals surface area contributed by atoms with E-state index < -0.39 is 42.3 Å². The Kier molecular flexibility index (Phi) is 6.16. The van der Waals surface area contributed by atoms with E-state index in [1.54, 1.807) is 20.8 Å². The zero-order valence-electron chi connectivity index (χ0n) is 13.4. The standard InChI is InChI=1S/C14H24N2O6/c1-14(2,3)22-13(20)16-7-5-6-10(16)11(18)15-9(8-17)12(19)21-4/h9-10,17H,5-8H2,1-4H3,(H,15,18)/t9?,10-/m0/s1. The highest BCUT2D eigenvalue weighted by atomic mass is 16.6. The molecule has 1 aliphatic heterocycles. The van der Waals surface area contributed by atoms with Crippen molar-refractivity contribution in [1.82, 2.24) is 10.2 Å². The van der Waals surface area contributed by atoms with Crippen molar-refractivity contribution in [2.75, 3.05) is 20.3 Å². The molecule has 1 heterocycles. The van der Waals surface area contributed by atoms with Crippen LogP contribution in [-0.2, 0) is 19.1 Å². The molecule has 0 aromatic carbocycles. The number of rotatable bonds is 4. The van der Waals surface area contributed by atoms with E-state index >= 15 is 0 Å². The van der Waals surface area contributed by atoms with Gasteiger partial charge < -0.3 is 19.9 Å². The SMILES string of the molecule is COC(=O)C(CO)NC(=O)[C@@H]1CCCN1C(=O)OC(C)(C)C. The predicted molar refractivity (Wildman–Crippen MR) is 77.0 cm³/mol. The third-order valence-corrected chi connectivity index (χ3v) is 3.17. The second kappa shape index (κ2) is 7.44. The van der Waals surface area contributed by atoms with Crippen LogP contribution in [0.25, 0.3) is 0 Å². The first-order chi connectivity index (χ1) is 10.2. The maximum absolute atomic E-state index is 12.2. The minimum atomic E-state index is -1.14. The molecule has 8 nitrogen and oxygen atoms in total. The number of nitrogens with one attached hydrogen (secondary N) is 1. The topological polar surface area (TPSA) is 105 Å². The Morgan fingerprint density at radius 3 is 2.50 bits per heavy atom. The van der Waals surface area contributed by atoms with Crippen LogP contribution < -0.4 is 5.32 Å². The average Bonchev–Trinajstić information content (AvgIpc) is 2.91. The number of methoxy groups -OCH3 is 1. The Morgan fingerprint density at radius 1 is 1.36 bits per heavy atom. The molecule has 2 atom stereocenters. The van der Waals surface area contributed by atoms with E-state index in [1.807, 2.05) is 0 Å². The predicted octanol–water partition coefficient (Wildman–Crippen LogP) is 0.0360. The number of likely N-dealkylation sites (tertiary alicyclic amines) is 1. The highest BCUT2D eigenvalue weighted by Crippen LogP contribution is 2.21. The van der Waals surface area contributed by atoms with Gasteiger partial charge in [0.25, 0.3) is 0 Å². The van der Waals surface area contributed by atoms with Crippen LogP contribution in [0, 0.1) is 0 Å². The van der Waals surface area contributed by atoms with E-state index in [2.05, 4.69) is 10.1 Å². The first kappa shape index (κ1) is 18.2. The molecule has 0 aromatic heterocycles. The summed E-state index contributed by atoms with van der Waals surface area (Å²) in [5.41, 5.74) is -0.652. The first-order valence-electron chi connectivity index (χ1n) is 7.18. The second-order valence-corrected chi connectivity index (χ2v) is 6.10. The van der Waals surface area contributed by atoms with Crippen molar-refractivity contribution < 1.29 is 29.0 Å². The van der Waals surface area contributed by atoms with Crippen LogP contribution in [0.1, 0.15) is 33.6 Å². The molecule has 0 saturated carbocycles. The van der Waals surface area contributed by atoms with Gasteiger partial charge in [-0.05, 0) is 33.6 Å². The molecule has 2 N–H and O–H groups in total. The highest BCUT2D eigenvalue weighted by molar-refractivity contribution is 5.90. The third-order valence-electron chi connectivity index (χ3n) is 3.17. The number of aliphatic hydroxyl groups excluding tert-OH is 1. The maximum Gasteiger partial charge on any atom is 0.410 e. The summed E-state index contributed by atoms with van der Waals surface area (Å²) < 4.78 is 9.76. The number of aliphatic hydroxyl groups is 1. The van der Waals surface area contributed by atoms with E-state index in [0.29, 0.717) is 19.4 Å². The third kappa shape index (κ3) is 4.87. The van der Waals surface area contributed by atoms with Crippen molar-refractivity contribution in [3.05, 3.63) is 0 Å². The molecule has 0 aromatic rings. The molecule has 1 rings (SSSR count). The molecule has 2 amide bonds. The van der Waals surface area contributed by atoms with E-state index in [-0.39, 0.29) is 0 Å². The van der Waals surface area contributed by atoms with E-state index in [1.165, 1.54) is 12.0 Å². The zero-order chi connectivity index (χ0) is 16.9. The van der Waals surface area contributed by atoms with Crippen LogP contribution >= 0.6 is 0 Å². The number of hydrogen-bond acceptors (Lipinski definition) is 6. The number of carbonyl (C=O) groups excluding carboxylic acids is 3. The normalized spacial score (nSPS) is 19.5. The van der Waals surface area contributed by atoms with Gasteiger partial charge in [0.05, 0.1) is 13.7 Å². The van der Waals surface area contributed by atoms with Gasteiger partial charge in [0, 0.05) is 6.54 Å². The van der Waals surface area contributed by atoms with Gasteiger partial charge in [-0.3, -0.25) is 9.69 Å². The largest absolute Gasteiger partial charge is 0.467 e. The van der Waals surface area contributed by atoms with Crippen LogP contribution in [0.4, 0.5) is 4.79 Å². The molecular weight excluding hydrogens is 292 g/mol. The van der Waals surface area contributed by atoms with Crippen LogP contribution in [-0.4, -0.2) is 65.9 Å². The van der Waals surface area contributed by atoms with Crippen molar-refractivity contribution in [2.24, 2.45) is 0 Å². The van der Waals surface area contributed by atoms with Crippen LogP contribution in [0.3, 0.4) is 0 Å². The lowest BCUT2D eigenvalue weighted by atomic mass is 10.2. The smallest absolute Gasteiger partial charge is 0.410 e. The summed E-state index contributed by atoms with van der Waals surface area (Å²) in [4.78, 5) is 37.1. The summed E-state index contributed by atoms with van der Waals surface area (Å²) >= 11 is 0. The monoisotopic (exact) mass is 316 g/mol. The molecule has 126 valence electrons. The molecule has 0 aliphatic carbocycles. The Labute approximate surface area is 129 Å². The minimum absolute atomic E-state index is 0.412. The van der Waals surface area contributed by atoms with Crippen molar-refractivity contribution in [2.45, 2.75) is 51.3 Å².